The van der Waals surface area contributed by atoms with Gasteiger partial charge < -0.3 is 9.64 Å². The molecule has 0 aliphatic carbocycles. The number of hydrogen-bond acceptors (Lipinski definition) is 5. The lowest BCUT2D eigenvalue weighted by Crippen LogP contribution is -2.44. The molecule has 1 saturated heterocycles. The quantitative estimate of drug-likeness (QED) is 0.686. The SMILES string of the molecule is CCOC(=O)c1ccc(S(=O)(=O)N(C)C2CCN(C)CC2)c(Br)c1. The molecule has 1 aliphatic heterocycles. The lowest BCUT2D eigenvalue weighted by atomic mass is 10.1. The number of carbonyl (C=O) groups excluding carboxylic acids is 1. The molecule has 24 heavy (non-hydrogen) atoms. The molecular weight excluding hydrogens is 396 g/mol. The van der Waals surface area contributed by atoms with E-state index < -0.39 is 16.0 Å². The first-order chi connectivity index (χ1) is 11.3. The standard InChI is InChI=1S/C16H23BrN2O4S/c1-4-23-16(20)12-5-6-15(14(17)11-12)24(21,22)19(3)13-7-9-18(2)10-8-13/h5-6,11,13H,4,7-10H2,1-3H3. The molecule has 1 aromatic rings. The maximum absolute atomic E-state index is 12.9. The van der Waals surface area contributed by atoms with E-state index in [9.17, 15) is 13.2 Å². The average Bonchev–Trinajstić information content (AvgIpc) is 2.54. The Balaban J connectivity index is 2.24. The Bertz CT molecular complexity index is 700. The first kappa shape index (κ1) is 19.4. The van der Waals surface area contributed by atoms with Gasteiger partial charge in [-0.25, -0.2) is 13.2 Å². The molecule has 1 aliphatic rings. The summed E-state index contributed by atoms with van der Waals surface area (Å²) >= 11 is 3.28. The second kappa shape index (κ2) is 7.95. The van der Waals surface area contributed by atoms with Crippen molar-refractivity contribution < 1.29 is 17.9 Å². The van der Waals surface area contributed by atoms with Crippen LogP contribution in [-0.4, -0.2) is 63.4 Å². The number of rotatable bonds is 5. The van der Waals surface area contributed by atoms with Gasteiger partial charge in [0.15, 0.2) is 0 Å². The second-order valence-electron chi connectivity index (χ2n) is 5.92. The molecule has 0 aromatic heterocycles. The van der Waals surface area contributed by atoms with Gasteiger partial charge in [0.2, 0.25) is 10.0 Å². The summed E-state index contributed by atoms with van der Waals surface area (Å²) in [5, 5.41) is 0. The van der Waals surface area contributed by atoms with Gasteiger partial charge in [0.05, 0.1) is 17.1 Å². The van der Waals surface area contributed by atoms with Crippen molar-refractivity contribution in [3.8, 4) is 0 Å². The molecule has 0 spiro atoms. The number of esters is 1. The van der Waals surface area contributed by atoms with E-state index in [1.54, 1.807) is 14.0 Å². The maximum atomic E-state index is 12.9. The van der Waals surface area contributed by atoms with E-state index in [1.807, 2.05) is 7.05 Å². The van der Waals surface area contributed by atoms with Crippen LogP contribution in [0.15, 0.2) is 27.6 Å². The van der Waals surface area contributed by atoms with E-state index in [4.69, 9.17) is 4.74 Å². The molecule has 0 radical (unpaired) electrons. The Kier molecular flexibility index (Phi) is 6.41. The smallest absolute Gasteiger partial charge is 0.338 e. The fourth-order valence-corrected chi connectivity index (χ4v) is 5.21. The van der Waals surface area contributed by atoms with E-state index in [0.717, 1.165) is 25.9 Å². The van der Waals surface area contributed by atoms with Crippen LogP contribution < -0.4 is 0 Å². The minimum Gasteiger partial charge on any atom is -0.462 e. The molecule has 0 unspecified atom stereocenters. The normalized spacial score (nSPS) is 17.2. The molecule has 0 bridgehead atoms. The van der Waals surface area contributed by atoms with E-state index in [0.29, 0.717) is 10.0 Å². The van der Waals surface area contributed by atoms with Gasteiger partial charge in [-0.3, -0.25) is 0 Å². The number of hydrogen-bond donors (Lipinski definition) is 0. The Hall–Kier alpha value is -0.960. The van der Waals surface area contributed by atoms with Crippen LogP contribution in [0, 0.1) is 0 Å². The summed E-state index contributed by atoms with van der Waals surface area (Å²) in [6.45, 7) is 3.76. The van der Waals surface area contributed by atoms with Gasteiger partial charge in [-0.05, 0) is 74.0 Å². The first-order valence-corrected chi connectivity index (χ1v) is 10.1. The van der Waals surface area contributed by atoms with Crippen LogP contribution in [0.4, 0.5) is 0 Å². The number of halogens is 1. The summed E-state index contributed by atoms with van der Waals surface area (Å²) in [5.74, 6) is -0.467. The Morgan fingerprint density at radius 2 is 2.00 bits per heavy atom. The van der Waals surface area contributed by atoms with Gasteiger partial charge in [0.1, 0.15) is 0 Å². The number of ether oxygens (including phenoxy) is 1. The molecule has 8 heteroatoms. The van der Waals surface area contributed by atoms with E-state index in [2.05, 4.69) is 20.8 Å². The summed E-state index contributed by atoms with van der Waals surface area (Å²) in [5.41, 5.74) is 0.324. The number of sulfonamides is 1. The third-order valence-corrected chi connectivity index (χ3v) is 7.19. The molecule has 6 nitrogen and oxygen atoms in total. The topological polar surface area (TPSA) is 66.9 Å². The number of likely N-dealkylation sites (tertiary alicyclic amines) is 1. The third-order valence-electron chi connectivity index (χ3n) is 4.30. The summed E-state index contributed by atoms with van der Waals surface area (Å²) in [6.07, 6.45) is 1.62. The fraction of sp³-hybridized carbons (Fsp3) is 0.562. The van der Waals surface area contributed by atoms with Crippen molar-refractivity contribution in [2.45, 2.75) is 30.7 Å². The summed E-state index contributed by atoms with van der Waals surface area (Å²) in [7, 11) is 0.0335. The van der Waals surface area contributed by atoms with Crippen LogP contribution in [0.5, 0.6) is 0 Å². The highest BCUT2D eigenvalue weighted by Gasteiger charge is 2.31. The number of benzene rings is 1. The molecule has 1 aromatic carbocycles. The van der Waals surface area contributed by atoms with E-state index >= 15 is 0 Å². The number of piperidine rings is 1. The van der Waals surface area contributed by atoms with Gasteiger partial charge >= 0.3 is 5.97 Å². The Labute approximate surface area is 151 Å². The minimum absolute atomic E-state index is 0.0113. The molecule has 1 fully saturated rings. The van der Waals surface area contributed by atoms with Crippen molar-refractivity contribution in [2.24, 2.45) is 0 Å². The van der Waals surface area contributed by atoms with Crippen LogP contribution in [0.25, 0.3) is 0 Å². The van der Waals surface area contributed by atoms with Crippen molar-refractivity contribution in [3.63, 3.8) is 0 Å². The van der Waals surface area contributed by atoms with E-state index in [1.165, 1.54) is 22.5 Å². The zero-order valence-electron chi connectivity index (χ0n) is 14.2. The lowest BCUT2D eigenvalue weighted by Gasteiger charge is -2.34. The first-order valence-electron chi connectivity index (χ1n) is 7.90. The molecule has 2 rings (SSSR count). The Morgan fingerprint density at radius 3 is 2.54 bits per heavy atom. The molecule has 0 atom stereocenters. The molecule has 134 valence electrons. The van der Waals surface area contributed by atoms with Crippen LogP contribution in [0.1, 0.15) is 30.1 Å². The zero-order valence-corrected chi connectivity index (χ0v) is 16.6. The van der Waals surface area contributed by atoms with Gasteiger partial charge in [-0.15, -0.1) is 0 Å². The molecule has 1 heterocycles. The summed E-state index contributed by atoms with van der Waals surface area (Å²) < 4.78 is 32.6. The van der Waals surface area contributed by atoms with Crippen LogP contribution in [0.3, 0.4) is 0 Å². The second-order valence-corrected chi connectivity index (χ2v) is 8.74. The summed E-state index contributed by atoms with van der Waals surface area (Å²) in [6, 6.07) is 4.42. The fourth-order valence-electron chi connectivity index (χ4n) is 2.76. The number of carbonyl (C=O) groups is 1. The predicted molar refractivity (Wildman–Crippen MR) is 95.6 cm³/mol. The van der Waals surface area contributed by atoms with Crippen molar-refractivity contribution >= 4 is 31.9 Å². The molecular formula is C16H23BrN2O4S. The largest absolute Gasteiger partial charge is 0.462 e. The Morgan fingerprint density at radius 1 is 1.38 bits per heavy atom. The van der Waals surface area contributed by atoms with Gasteiger partial charge in [-0.1, -0.05) is 0 Å². The molecule has 0 saturated carbocycles. The maximum Gasteiger partial charge on any atom is 0.338 e. The average molecular weight is 419 g/mol. The lowest BCUT2D eigenvalue weighted by molar-refractivity contribution is 0.0526. The van der Waals surface area contributed by atoms with Crippen LogP contribution >= 0.6 is 15.9 Å². The van der Waals surface area contributed by atoms with Crippen molar-refractivity contribution in [2.75, 3.05) is 33.8 Å². The van der Waals surface area contributed by atoms with Crippen molar-refractivity contribution in [1.29, 1.82) is 0 Å². The summed E-state index contributed by atoms with van der Waals surface area (Å²) in [4.78, 5) is 14.1. The van der Waals surface area contributed by atoms with Crippen LogP contribution in [-0.2, 0) is 14.8 Å². The van der Waals surface area contributed by atoms with Crippen molar-refractivity contribution in [1.82, 2.24) is 9.21 Å². The molecule has 0 amide bonds. The van der Waals surface area contributed by atoms with Gasteiger partial charge in [0, 0.05) is 17.6 Å². The highest BCUT2D eigenvalue weighted by Crippen LogP contribution is 2.28. The number of nitrogens with zero attached hydrogens (tertiary/aromatic N) is 2. The van der Waals surface area contributed by atoms with Crippen LogP contribution in [0.2, 0.25) is 0 Å². The predicted octanol–water partition coefficient (Wildman–Crippen LogP) is 2.34. The van der Waals surface area contributed by atoms with Gasteiger partial charge in [-0.2, -0.15) is 4.31 Å². The minimum atomic E-state index is -3.63. The molecule has 0 N–H and O–H groups in total. The third kappa shape index (κ3) is 4.17. The van der Waals surface area contributed by atoms with Gasteiger partial charge in [0.25, 0.3) is 0 Å². The highest BCUT2D eigenvalue weighted by atomic mass is 79.9. The monoisotopic (exact) mass is 418 g/mol. The van der Waals surface area contributed by atoms with E-state index in [-0.39, 0.29) is 17.5 Å². The van der Waals surface area contributed by atoms with Crippen molar-refractivity contribution in [3.05, 3.63) is 28.2 Å². The highest BCUT2D eigenvalue weighted by molar-refractivity contribution is 9.10. The zero-order chi connectivity index (χ0) is 17.9.